The van der Waals surface area contributed by atoms with Crippen molar-refractivity contribution in [1.29, 1.82) is 0 Å². The fourth-order valence-electron chi connectivity index (χ4n) is 3.71. The minimum atomic E-state index is -0.421. The third kappa shape index (κ3) is 4.55. The van der Waals surface area contributed by atoms with Crippen molar-refractivity contribution in [3.05, 3.63) is 71.8 Å². The first-order valence-corrected chi connectivity index (χ1v) is 9.38. The molecule has 3 atom stereocenters. The van der Waals surface area contributed by atoms with Crippen molar-refractivity contribution in [1.82, 2.24) is 10.2 Å². The topological polar surface area (TPSA) is 58.6 Å². The maximum atomic E-state index is 13.0. The minimum absolute atomic E-state index is 0.131. The zero-order chi connectivity index (χ0) is 19.1. The first-order valence-electron chi connectivity index (χ1n) is 9.38. The molecule has 2 amide bonds. The molecule has 27 heavy (non-hydrogen) atoms. The Morgan fingerprint density at radius 1 is 1.07 bits per heavy atom. The molecule has 0 bridgehead atoms. The Balaban J connectivity index is 1.88. The zero-order valence-electron chi connectivity index (χ0n) is 15.6. The number of hydrogen-bond donors (Lipinski definition) is 1. The standard InChI is InChI=1S/C22H26N2O3/c1-27-21(18-12-6-3-7-13-18)20(17-10-4-2-5-11-17)23-22(26)19-14-8-9-15-24(19)16-25/h2-7,10-13,16,19-21H,8-9,14-15H2,1H3,(H,23,26)/t19-,20-,21+/m0/s1. The van der Waals surface area contributed by atoms with E-state index in [0.717, 1.165) is 30.4 Å². The Bertz CT molecular complexity index is 736. The summed E-state index contributed by atoms with van der Waals surface area (Å²) in [6.45, 7) is 0.629. The van der Waals surface area contributed by atoms with Gasteiger partial charge in [-0.15, -0.1) is 0 Å². The van der Waals surface area contributed by atoms with E-state index < -0.39 is 6.04 Å². The summed E-state index contributed by atoms with van der Waals surface area (Å²) < 4.78 is 5.80. The molecule has 1 heterocycles. The van der Waals surface area contributed by atoms with Crippen LogP contribution in [0.2, 0.25) is 0 Å². The van der Waals surface area contributed by atoms with Crippen LogP contribution in [0.5, 0.6) is 0 Å². The summed E-state index contributed by atoms with van der Waals surface area (Å²) in [6, 6.07) is 18.9. The number of piperidine rings is 1. The molecule has 1 aliphatic heterocycles. The van der Waals surface area contributed by atoms with Crippen molar-refractivity contribution in [3.8, 4) is 0 Å². The Labute approximate surface area is 160 Å². The van der Waals surface area contributed by atoms with Crippen LogP contribution in [0.25, 0.3) is 0 Å². The number of carbonyl (C=O) groups is 2. The highest BCUT2D eigenvalue weighted by Gasteiger charge is 2.32. The highest BCUT2D eigenvalue weighted by molar-refractivity contribution is 5.84. The van der Waals surface area contributed by atoms with Gasteiger partial charge in [0.15, 0.2) is 0 Å². The average molecular weight is 366 g/mol. The number of benzene rings is 2. The first kappa shape index (κ1) is 19.1. The third-order valence-electron chi connectivity index (χ3n) is 5.12. The second kappa shape index (κ2) is 9.33. The van der Waals surface area contributed by atoms with Gasteiger partial charge in [0.25, 0.3) is 0 Å². The highest BCUT2D eigenvalue weighted by Crippen LogP contribution is 2.32. The van der Waals surface area contributed by atoms with Crippen LogP contribution in [-0.4, -0.2) is 36.9 Å². The SMILES string of the molecule is CO[C@H](c1ccccc1)[C@@H](NC(=O)[C@@H]1CCCCN1C=O)c1ccccc1. The molecule has 0 aromatic heterocycles. The quantitative estimate of drug-likeness (QED) is 0.766. The lowest BCUT2D eigenvalue weighted by Gasteiger charge is -2.34. The van der Waals surface area contributed by atoms with Crippen LogP contribution >= 0.6 is 0 Å². The number of ether oxygens (including phenoxy) is 1. The molecule has 1 fully saturated rings. The predicted molar refractivity (Wildman–Crippen MR) is 104 cm³/mol. The van der Waals surface area contributed by atoms with Gasteiger partial charge in [-0.1, -0.05) is 60.7 Å². The fourth-order valence-corrected chi connectivity index (χ4v) is 3.71. The van der Waals surface area contributed by atoms with Gasteiger partial charge in [-0.05, 0) is 30.4 Å². The molecule has 0 unspecified atom stereocenters. The second-order valence-corrected chi connectivity index (χ2v) is 6.82. The van der Waals surface area contributed by atoms with Gasteiger partial charge in [0.05, 0.1) is 6.04 Å². The lowest BCUT2D eigenvalue weighted by Crippen LogP contribution is -2.50. The second-order valence-electron chi connectivity index (χ2n) is 6.82. The molecule has 0 aliphatic carbocycles. The largest absolute Gasteiger partial charge is 0.374 e. The summed E-state index contributed by atoms with van der Waals surface area (Å²) in [5.74, 6) is -0.131. The molecule has 1 aliphatic rings. The van der Waals surface area contributed by atoms with Crippen LogP contribution < -0.4 is 5.32 Å². The van der Waals surface area contributed by atoms with Gasteiger partial charge in [-0.3, -0.25) is 9.59 Å². The molecule has 5 heteroatoms. The highest BCUT2D eigenvalue weighted by atomic mass is 16.5. The van der Waals surface area contributed by atoms with Crippen molar-refractivity contribution < 1.29 is 14.3 Å². The summed E-state index contributed by atoms with van der Waals surface area (Å²) >= 11 is 0. The zero-order valence-corrected chi connectivity index (χ0v) is 15.6. The molecule has 2 aromatic rings. The number of nitrogens with zero attached hydrogens (tertiary/aromatic N) is 1. The Hall–Kier alpha value is -2.66. The molecule has 3 rings (SSSR count). The van der Waals surface area contributed by atoms with E-state index in [-0.39, 0.29) is 18.1 Å². The molecule has 0 radical (unpaired) electrons. The average Bonchev–Trinajstić information content (AvgIpc) is 2.74. The summed E-state index contributed by atoms with van der Waals surface area (Å²) in [6.07, 6.45) is 3.03. The van der Waals surface area contributed by atoms with Crippen molar-refractivity contribution in [3.63, 3.8) is 0 Å². The Morgan fingerprint density at radius 2 is 1.70 bits per heavy atom. The maximum Gasteiger partial charge on any atom is 0.243 e. The maximum absolute atomic E-state index is 13.0. The van der Waals surface area contributed by atoms with Crippen molar-refractivity contribution in [2.45, 2.75) is 37.5 Å². The molecular formula is C22H26N2O3. The summed E-state index contributed by atoms with van der Waals surface area (Å²) in [7, 11) is 1.65. The lowest BCUT2D eigenvalue weighted by molar-refractivity contribution is -0.135. The van der Waals surface area contributed by atoms with Gasteiger partial charge in [0.2, 0.25) is 12.3 Å². The van der Waals surface area contributed by atoms with E-state index in [9.17, 15) is 9.59 Å². The molecule has 1 N–H and O–H groups in total. The molecule has 0 saturated carbocycles. The van der Waals surface area contributed by atoms with E-state index in [2.05, 4.69) is 5.32 Å². The lowest BCUT2D eigenvalue weighted by atomic mass is 9.94. The number of rotatable bonds is 7. The number of hydrogen-bond acceptors (Lipinski definition) is 3. The van der Waals surface area contributed by atoms with E-state index in [4.69, 9.17) is 4.74 Å². The van der Waals surface area contributed by atoms with E-state index in [1.165, 1.54) is 0 Å². The van der Waals surface area contributed by atoms with E-state index >= 15 is 0 Å². The fraction of sp³-hybridized carbons (Fsp3) is 0.364. The smallest absolute Gasteiger partial charge is 0.243 e. The van der Waals surface area contributed by atoms with E-state index in [1.807, 2.05) is 60.7 Å². The van der Waals surface area contributed by atoms with Gasteiger partial charge in [0, 0.05) is 13.7 Å². The van der Waals surface area contributed by atoms with Crippen LogP contribution in [0.15, 0.2) is 60.7 Å². The van der Waals surface area contributed by atoms with Gasteiger partial charge < -0.3 is 15.0 Å². The third-order valence-corrected chi connectivity index (χ3v) is 5.12. The van der Waals surface area contributed by atoms with Crippen molar-refractivity contribution >= 4 is 12.3 Å². The molecule has 0 spiro atoms. The van der Waals surface area contributed by atoms with Gasteiger partial charge in [-0.2, -0.15) is 0 Å². The monoisotopic (exact) mass is 366 g/mol. The molecule has 2 aromatic carbocycles. The van der Waals surface area contributed by atoms with Crippen LogP contribution in [0.1, 0.15) is 42.5 Å². The minimum Gasteiger partial charge on any atom is -0.374 e. The number of amides is 2. The molecule has 142 valence electrons. The Kier molecular flexibility index (Phi) is 6.60. The summed E-state index contributed by atoms with van der Waals surface area (Å²) in [4.78, 5) is 26.0. The van der Waals surface area contributed by atoms with Crippen molar-refractivity contribution in [2.75, 3.05) is 13.7 Å². The number of likely N-dealkylation sites (tertiary alicyclic amines) is 1. The summed E-state index contributed by atoms with van der Waals surface area (Å²) in [5.41, 5.74) is 1.96. The van der Waals surface area contributed by atoms with Gasteiger partial charge in [-0.25, -0.2) is 0 Å². The van der Waals surface area contributed by atoms with Crippen LogP contribution in [-0.2, 0) is 14.3 Å². The first-order chi connectivity index (χ1) is 13.2. The van der Waals surface area contributed by atoms with Crippen molar-refractivity contribution in [2.24, 2.45) is 0 Å². The van der Waals surface area contributed by atoms with E-state index in [0.29, 0.717) is 13.0 Å². The number of carbonyl (C=O) groups excluding carboxylic acids is 2. The number of methoxy groups -OCH3 is 1. The normalized spacial score (nSPS) is 19.1. The van der Waals surface area contributed by atoms with Crippen LogP contribution in [0.3, 0.4) is 0 Å². The molecule has 5 nitrogen and oxygen atoms in total. The van der Waals surface area contributed by atoms with Gasteiger partial charge in [0.1, 0.15) is 12.1 Å². The summed E-state index contributed by atoms with van der Waals surface area (Å²) in [5, 5.41) is 3.15. The predicted octanol–water partition coefficient (Wildman–Crippen LogP) is 3.24. The van der Waals surface area contributed by atoms with Gasteiger partial charge >= 0.3 is 0 Å². The molecular weight excluding hydrogens is 340 g/mol. The Morgan fingerprint density at radius 3 is 2.30 bits per heavy atom. The number of nitrogens with one attached hydrogen (secondary N) is 1. The van der Waals surface area contributed by atoms with Crippen LogP contribution in [0, 0.1) is 0 Å². The molecule has 1 saturated heterocycles. The van der Waals surface area contributed by atoms with E-state index in [1.54, 1.807) is 12.0 Å². The van der Waals surface area contributed by atoms with Crippen LogP contribution in [0.4, 0.5) is 0 Å².